The van der Waals surface area contributed by atoms with Crippen molar-refractivity contribution in [2.75, 3.05) is 6.61 Å². The van der Waals surface area contributed by atoms with Crippen LogP contribution in [0, 0.1) is 5.82 Å². The first-order valence-corrected chi connectivity index (χ1v) is 5.98. The summed E-state index contributed by atoms with van der Waals surface area (Å²) in [4.78, 5) is 0. The van der Waals surface area contributed by atoms with Crippen LogP contribution in [0.3, 0.4) is 0 Å². The lowest BCUT2D eigenvalue weighted by molar-refractivity contribution is -0.124. The highest BCUT2D eigenvalue weighted by Gasteiger charge is 2.46. The lowest BCUT2D eigenvalue weighted by atomic mass is 9.96. The third kappa shape index (κ3) is 2.24. The standard InChI is InChI=1S/C13H16F3NO/c1-8(17)9-4-2-5-10(12(9)14)13(15,16)11-6-3-7-18-11/h2,4-5,8,11H,3,6-7,17H2,1H3. The molecule has 1 aromatic carbocycles. The lowest BCUT2D eigenvalue weighted by Gasteiger charge is -2.24. The average Bonchev–Trinajstić information content (AvgIpc) is 2.82. The smallest absolute Gasteiger partial charge is 0.301 e. The zero-order chi connectivity index (χ0) is 13.3. The van der Waals surface area contributed by atoms with Crippen LogP contribution in [0.4, 0.5) is 13.2 Å². The van der Waals surface area contributed by atoms with E-state index in [0.717, 1.165) is 6.07 Å². The number of rotatable bonds is 3. The number of benzene rings is 1. The highest BCUT2D eigenvalue weighted by Crippen LogP contribution is 2.40. The summed E-state index contributed by atoms with van der Waals surface area (Å²) in [5, 5.41) is 0. The average molecular weight is 259 g/mol. The molecule has 2 unspecified atom stereocenters. The third-order valence-corrected chi connectivity index (χ3v) is 3.21. The number of nitrogens with two attached hydrogens (primary N) is 1. The fourth-order valence-electron chi connectivity index (χ4n) is 2.20. The van der Waals surface area contributed by atoms with Gasteiger partial charge >= 0.3 is 5.92 Å². The van der Waals surface area contributed by atoms with Crippen LogP contribution in [0.15, 0.2) is 18.2 Å². The molecule has 0 saturated carbocycles. The van der Waals surface area contributed by atoms with Gasteiger partial charge in [-0.05, 0) is 25.8 Å². The molecule has 0 spiro atoms. The molecule has 0 aromatic heterocycles. The van der Waals surface area contributed by atoms with Crippen LogP contribution in [-0.2, 0) is 10.7 Å². The van der Waals surface area contributed by atoms with Crippen molar-refractivity contribution in [3.8, 4) is 0 Å². The van der Waals surface area contributed by atoms with Gasteiger partial charge < -0.3 is 10.5 Å². The molecule has 2 rings (SSSR count). The molecule has 1 aromatic rings. The van der Waals surface area contributed by atoms with E-state index in [0.29, 0.717) is 13.0 Å². The number of alkyl halides is 2. The van der Waals surface area contributed by atoms with E-state index in [1.54, 1.807) is 6.92 Å². The molecule has 1 heterocycles. The molecule has 1 aliphatic heterocycles. The molecule has 1 aliphatic rings. The van der Waals surface area contributed by atoms with E-state index in [2.05, 4.69) is 0 Å². The fourth-order valence-corrected chi connectivity index (χ4v) is 2.20. The number of halogens is 3. The van der Waals surface area contributed by atoms with Crippen molar-refractivity contribution in [1.29, 1.82) is 0 Å². The van der Waals surface area contributed by atoms with E-state index in [1.165, 1.54) is 12.1 Å². The molecule has 5 heteroatoms. The minimum absolute atomic E-state index is 0.102. The molecule has 2 nitrogen and oxygen atoms in total. The Balaban J connectivity index is 2.40. The summed E-state index contributed by atoms with van der Waals surface area (Å²) in [6.45, 7) is 1.86. The maximum absolute atomic E-state index is 14.2. The van der Waals surface area contributed by atoms with Crippen LogP contribution in [-0.4, -0.2) is 12.7 Å². The second-order valence-electron chi connectivity index (χ2n) is 4.62. The Morgan fingerprint density at radius 1 is 1.44 bits per heavy atom. The molecule has 1 fully saturated rings. The molecule has 0 radical (unpaired) electrons. The van der Waals surface area contributed by atoms with Crippen LogP contribution in [0.5, 0.6) is 0 Å². The van der Waals surface area contributed by atoms with E-state index in [1.807, 2.05) is 0 Å². The topological polar surface area (TPSA) is 35.2 Å². The number of hydrogen-bond donors (Lipinski definition) is 1. The second-order valence-corrected chi connectivity index (χ2v) is 4.62. The third-order valence-electron chi connectivity index (χ3n) is 3.21. The highest BCUT2D eigenvalue weighted by atomic mass is 19.3. The molecular weight excluding hydrogens is 243 g/mol. The predicted molar refractivity (Wildman–Crippen MR) is 61.9 cm³/mol. The van der Waals surface area contributed by atoms with Crippen molar-refractivity contribution in [3.63, 3.8) is 0 Å². The van der Waals surface area contributed by atoms with Gasteiger partial charge in [0.05, 0.1) is 5.56 Å². The van der Waals surface area contributed by atoms with Crippen LogP contribution in [0.25, 0.3) is 0 Å². The van der Waals surface area contributed by atoms with E-state index >= 15 is 0 Å². The predicted octanol–water partition coefficient (Wildman–Crippen LogP) is 3.12. The Morgan fingerprint density at radius 2 is 2.17 bits per heavy atom. The summed E-state index contributed by atoms with van der Waals surface area (Å²) in [6, 6.07) is 3.31. The normalized spacial score (nSPS) is 22.2. The molecule has 0 aliphatic carbocycles. The maximum atomic E-state index is 14.2. The molecule has 100 valence electrons. The van der Waals surface area contributed by atoms with Crippen molar-refractivity contribution in [1.82, 2.24) is 0 Å². The SMILES string of the molecule is CC(N)c1cccc(C(F)(F)C2CCCO2)c1F. The van der Waals surface area contributed by atoms with E-state index in [9.17, 15) is 13.2 Å². The lowest BCUT2D eigenvalue weighted by Crippen LogP contribution is -2.31. The monoisotopic (exact) mass is 259 g/mol. The summed E-state index contributed by atoms with van der Waals surface area (Å²) in [6.07, 6.45) is -0.417. The van der Waals surface area contributed by atoms with Gasteiger partial charge in [0.25, 0.3) is 0 Å². The van der Waals surface area contributed by atoms with Crippen molar-refractivity contribution >= 4 is 0 Å². The summed E-state index contributed by atoms with van der Waals surface area (Å²) < 4.78 is 47.4. The first-order chi connectivity index (χ1) is 8.44. The Labute approximate surface area is 104 Å². The largest absolute Gasteiger partial charge is 0.372 e. The summed E-state index contributed by atoms with van der Waals surface area (Å²) >= 11 is 0. The van der Waals surface area contributed by atoms with Crippen LogP contribution >= 0.6 is 0 Å². The van der Waals surface area contributed by atoms with Gasteiger partial charge in [-0.3, -0.25) is 0 Å². The summed E-state index contributed by atoms with van der Waals surface area (Å²) in [5.41, 5.74) is 5.04. The van der Waals surface area contributed by atoms with Crippen molar-refractivity contribution in [2.24, 2.45) is 5.73 Å². The summed E-state index contributed by atoms with van der Waals surface area (Å²) in [7, 11) is 0. The van der Waals surface area contributed by atoms with Gasteiger partial charge in [-0.15, -0.1) is 0 Å². The number of hydrogen-bond acceptors (Lipinski definition) is 2. The zero-order valence-corrected chi connectivity index (χ0v) is 10.1. The Hall–Kier alpha value is -1.07. The molecule has 0 amide bonds. The maximum Gasteiger partial charge on any atom is 0.301 e. The van der Waals surface area contributed by atoms with E-state index in [-0.39, 0.29) is 12.0 Å². The van der Waals surface area contributed by atoms with Crippen molar-refractivity contribution in [3.05, 3.63) is 35.1 Å². The quantitative estimate of drug-likeness (QED) is 0.905. The minimum atomic E-state index is -3.31. The van der Waals surface area contributed by atoms with Gasteiger partial charge in [-0.25, -0.2) is 4.39 Å². The van der Waals surface area contributed by atoms with Gasteiger partial charge in [0.2, 0.25) is 0 Å². The van der Waals surface area contributed by atoms with Crippen molar-refractivity contribution in [2.45, 2.75) is 37.8 Å². The van der Waals surface area contributed by atoms with E-state index in [4.69, 9.17) is 10.5 Å². The molecule has 1 saturated heterocycles. The van der Waals surface area contributed by atoms with Gasteiger partial charge in [0, 0.05) is 18.2 Å². The first-order valence-electron chi connectivity index (χ1n) is 5.98. The van der Waals surface area contributed by atoms with Gasteiger partial charge in [0.1, 0.15) is 11.9 Å². The zero-order valence-electron chi connectivity index (χ0n) is 10.1. The van der Waals surface area contributed by atoms with Gasteiger partial charge in [0.15, 0.2) is 0 Å². The Kier molecular flexibility index (Phi) is 3.64. The van der Waals surface area contributed by atoms with Crippen LogP contribution < -0.4 is 5.73 Å². The first kappa shape index (κ1) is 13.4. The summed E-state index contributed by atoms with van der Waals surface area (Å²) in [5.74, 6) is -4.24. The Morgan fingerprint density at radius 3 is 2.72 bits per heavy atom. The molecule has 2 atom stereocenters. The van der Waals surface area contributed by atoms with Gasteiger partial charge in [-0.1, -0.05) is 12.1 Å². The van der Waals surface area contributed by atoms with Gasteiger partial charge in [-0.2, -0.15) is 8.78 Å². The van der Waals surface area contributed by atoms with Crippen LogP contribution in [0.2, 0.25) is 0 Å². The molecule has 2 N–H and O–H groups in total. The highest BCUT2D eigenvalue weighted by molar-refractivity contribution is 5.31. The Bertz CT molecular complexity index is 428. The van der Waals surface area contributed by atoms with Crippen molar-refractivity contribution < 1.29 is 17.9 Å². The molecule has 0 bridgehead atoms. The second kappa shape index (κ2) is 4.90. The number of ether oxygens (including phenoxy) is 1. The molecule has 18 heavy (non-hydrogen) atoms. The fraction of sp³-hybridized carbons (Fsp3) is 0.538. The van der Waals surface area contributed by atoms with E-state index < -0.39 is 29.4 Å². The van der Waals surface area contributed by atoms with Crippen LogP contribution in [0.1, 0.15) is 36.9 Å². The minimum Gasteiger partial charge on any atom is -0.372 e. The molecular formula is C13H16F3NO.